The molecule has 0 bridgehead atoms. The number of methoxy groups -OCH3 is 2. The molecule has 4 rings (SSSR count). The minimum Gasteiger partial charge on any atom is -0.497 e. The Balaban J connectivity index is 1.53. The molecule has 0 atom stereocenters. The number of anilines is 1. The van der Waals surface area contributed by atoms with Crippen LogP contribution in [0.15, 0.2) is 41.3 Å². The predicted octanol–water partition coefficient (Wildman–Crippen LogP) is 2.48. The number of carbonyl (C=O) groups is 1. The first-order valence-corrected chi connectivity index (χ1v) is 13.4. The molecule has 3 heterocycles. The highest BCUT2D eigenvalue weighted by atomic mass is 31.2. The first-order chi connectivity index (χ1) is 17.2. The Morgan fingerprint density at radius 2 is 1.83 bits per heavy atom. The van der Waals surface area contributed by atoms with Gasteiger partial charge in [-0.15, -0.1) is 0 Å². The molecule has 0 radical (unpaired) electrons. The zero-order valence-corrected chi connectivity index (χ0v) is 21.1. The Hall–Kier alpha value is -3.27. The average molecular weight is 516 g/mol. The first-order valence-electron chi connectivity index (χ1n) is 11.6. The van der Waals surface area contributed by atoms with Crippen LogP contribution in [-0.4, -0.2) is 63.8 Å². The van der Waals surface area contributed by atoms with Crippen molar-refractivity contribution < 1.29 is 28.6 Å². The van der Waals surface area contributed by atoms with Gasteiger partial charge in [0.2, 0.25) is 5.88 Å². The van der Waals surface area contributed by atoms with Gasteiger partial charge in [-0.1, -0.05) is 0 Å². The van der Waals surface area contributed by atoms with Crippen LogP contribution in [0.3, 0.4) is 0 Å². The van der Waals surface area contributed by atoms with E-state index in [0.717, 1.165) is 17.5 Å². The van der Waals surface area contributed by atoms with Crippen molar-refractivity contribution in [2.75, 3.05) is 38.4 Å². The van der Waals surface area contributed by atoms with Gasteiger partial charge in [0.05, 0.1) is 26.6 Å². The van der Waals surface area contributed by atoms with Crippen LogP contribution < -0.4 is 19.9 Å². The molecule has 0 amide bonds. The van der Waals surface area contributed by atoms with Gasteiger partial charge in [-0.3, -0.25) is 14.2 Å². The van der Waals surface area contributed by atoms with E-state index in [1.807, 2.05) is 0 Å². The van der Waals surface area contributed by atoms with Gasteiger partial charge in [-0.2, -0.15) is 10.1 Å². The molecule has 12 heteroatoms. The van der Waals surface area contributed by atoms with Crippen molar-refractivity contribution in [3.05, 3.63) is 52.4 Å². The van der Waals surface area contributed by atoms with Crippen LogP contribution >= 0.6 is 7.60 Å². The van der Waals surface area contributed by atoms with Crippen LogP contribution in [0, 0.1) is 5.92 Å². The summed E-state index contributed by atoms with van der Waals surface area (Å²) < 4.78 is 22.8. The summed E-state index contributed by atoms with van der Waals surface area (Å²) in [5, 5.41) is 5.01. The van der Waals surface area contributed by atoms with Gasteiger partial charge in [0.25, 0.3) is 5.56 Å². The number of ether oxygens (including phenoxy) is 2. The van der Waals surface area contributed by atoms with Crippen molar-refractivity contribution in [1.82, 2.24) is 14.8 Å². The lowest BCUT2D eigenvalue weighted by atomic mass is 9.94. The summed E-state index contributed by atoms with van der Waals surface area (Å²) in [4.78, 5) is 50.8. The Bertz CT molecular complexity index is 1350. The molecule has 1 saturated heterocycles. The number of benzene rings is 1. The fourth-order valence-electron chi connectivity index (χ4n) is 4.39. The van der Waals surface area contributed by atoms with E-state index in [4.69, 9.17) is 19.3 Å². The molecule has 1 aliphatic rings. The quantitative estimate of drug-likeness (QED) is 0.321. The normalized spacial score (nSPS) is 14.7. The monoisotopic (exact) mass is 516 g/mol. The third kappa shape index (κ3) is 5.92. The maximum atomic E-state index is 13.2. The van der Waals surface area contributed by atoms with Gasteiger partial charge >= 0.3 is 7.60 Å². The molecule has 1 aromatic carbocycles. The van der Waals surface area contributed by atoms with Crippen LogP contribution in [0.25, 0.3) is 10.8 Å². The van der Waals surface area contributed by atoms with E-state index in [1.165, 1.54) is 13.3 Å². The van der Waals surface area contributed by atoms with Gasteiger partial charge in [0, 0.05) is 24.0 Å². The Morgan fingerprint density at radius 1 is 1.14 bits per heavy atom. The highest BCUT2D eigenvalue weighted by molar-refractivity contribution is 7.51. The second-order valence-electron chi connectivity index (χ2n) is 8.82. The van der Waals surface area contributed by atoms with E-state index in [1.54, 1.807) is 37.4 Å². The van der Waals surface area contributed by atoms with E-state index in [9.17, 15) is 14.2 Å². The second-order valence-corrected chi connectivity index (χ2v) is 10.6. The summed E-state index contributed by atoms with van der Waals surface area (Å²) in [7, 11) is -1.01. The molecule has 0 spiro atoms. The lowest BCUT2D eigenvalue weighted by Gasteiger charge is -2.33. The molecule has 2 aromatic heterocycles. The number of fused-ring (bicyclic) bond motifs is 1. The molecular weight excluding hydrogens is 487 g/mol. The van der Waals surface area contributed by atoms with Crippen molar-refractivity contribution in [2.45, 2.75) is 25.8 Å². The van der Waals surface area contributed by atoms with Crippen LogP contribution in [-0.2, 0) is 11.1 Å². The smallest absolute Gasteiger partial charge is 0.325 e. The van der Waals surface area contributed by atoms with Crippen LogP contribution in [0.2, 0.25) is 0 Å². The number of aromatic nitrogens is 3. The van der Waals surface area contributed by atoms with Gasteiger partial charge in [0.15, 0.2) is 5.78 Å². The van der Waals surface area contributed by atoms with Crippen LogP contribution in [0.5, 0.6) is 11.6 Å². The topological polar surface area (TPSA) is 144 Å². The minimum atomic E-state index is -3.99. The van der Waals surface area contributed by atoms with Crippen molar-refractivity contribution >= 4 is 30.0 Å². The van der Waals surface area contributed by atoms with Gasteiger partial charge in [0.1, 0.15) is 23.5 Å². The van der Waals surface area contributed by atoms with E-state index in [2.05, 4.69) is 15.0 Å². The number of hydrogen-bond acceptors (Lipinski definition) is 8. The third-order valence-electron chi connectivity index (χ3n) is 6.45. The average Bonchev–Trinajstić information content (AvgIpc) is 2.88. The number of Topliss-reactive ketones (excluding diaryl/α,β-unsaturated/α-hetero) is 1. The minimum absolute atomic E-state index is 0.0986. The SMILES string of the molecule is COc1ccc(C(=O)Cn2ncc3cc(N4CCC(CCP(=O)(O)O)CC4)nc(OC)c3c2=O)cc1. The Labute approximate surface area is 207 Å². The molecule has 0 saturated carbocycles. The largest absolute Gasteiger partial charge is 0.497 e. The third-order valence-corrected chi connectivity index (χ3v) is 7.29. The molecule has 36 heavy (non-hydrogen) atoms. The fraction of sp³-hybridized carbons (Fsp3) is 0.417. The number of pyridine rings is 1. The van der Waals surface area contributed by atoms with Crippen molar-refractivity contribution in [2.24, 2.45) is 5.92 Å². The Kier molecular flexibility index (Phi) is 7.73. The summed E-state index contributed by atoms with van der Waals surface area (Å²) >= 11 is 0. The van der Waals surface area contributed by atoms with Gasteiger partial charge < -0.3 is 24.2 Å². The molecule has 11 nitrogen and oxygen atoms in total. The van der Waals surface area contributed by atoms with Crippen molar-refractivity contribution in [3.8, 4) is 11.6 Å². The summed E-state index contributed by atoms with van der Waals surface area (Å²) in [5.74, 6) is 1.40. The highest BCUT2D eigenvalue weighted by Crippen LogP contribution is 2.38. The summed E-state index contributed by atoms with van der Waals surface area (Å²) in [5.41, 5.74) is -0.0318. The molecule has 1 aliphatic heterocycles. The number of nitrogens with zero attached hydrogens (tertiary/aromatic N) is 4. The molecule has 2 N–H and O–H groups in total. The van der Waals surface area contributed by atoms with E-state index in [-0.39, 0.29) is 35.7 Å². The zero-order valence-electron chi connectivity index (χ0n) is 20.2. The van der Waals surface area contributed by atoms with Crippen molar-refractivity contribution in [1.29, 1.82) is 0 Å². The molecule has 192 valence electrons. The molecule has 1 fully saturated rings. The van der Waals surface area contributed by atoms with E-state index >= 15 is 0 Å². The van der Waals surface area contributed by atoms with E-state index < -0.39 is 13.2 Å². The van der Waals surface area contributed by atoms with Crippen molar-refractivity contribution in [3.63, 3.8) is 0 Å². The van der Waals surface area contributed by atoms with Gasteiger partial charge in [-0.25, -0.2) is 4.68 Å². The highest BCUT2D eigenvalue weighted by Gasteiger charge is 2.24. The zero-order chi connectivity index (χ0) is 25.9. The molecular formula is C24H29N4O7P. The summed E-state index contributed by atoms with van der Waals surface area (Å²) in [6.45, 7) is 1.12. The van der Waals surface area contributed by atoms with Gasteiger partial charge in [-0.05, 0) is 55.5 Å². The number of rotatable bonds is 9. The summed E-state index contributed by atoms with van der Waals surface area (Å²) in [6.07, 6.45) is 3.49. The Morgan fingerprint density at radius 3 is 2.44 bits per heavy atom. The van der Waals surface area contributed by atoms with Crippen LogP contribution in [0.4, 0.5) is 5.82 Å². The second kappa shape index (κ2) is 10.8. The van der Waals surface area contributed by atoms with Crippen LogP contribution in [0.1, 0.15) is 29.6 Å². The standard InChI is InChI=1S/C24H29N4O7P/c1-34-19-5-3-17(4-6-19)20(29)15-28-24(30)22-18(14-25-28)13-21(26-23(22)35-2)27-10-7-16(8-11-27)9-12-36(31,32)33/h3-6,13-14,16H,7-12,15H2,1-2H3,(H2,31,32,33). The fourth-order valence-corrected chi connectivity index (χ4v) is 5.09. The number of carbonyl (C=O) groups excluding carboxylic acids is 1. The first kappa shape index (κ1) is 25.8. The maximum Gasteiger partial charge on any atom is 0.325 e. The maximum absolute atomic E-state index is 13.2. The number of hydrogen-bond donors (Lipinski definition) is 2. The predicted molar refractivity (Wildman–Crippen MR) is 134 cm³/mol. The number of piperidine rings is 1. The molecule has 0 unspecified atom stereocenters. The number of ketones is 1. The lowest BCUT2D eigenvalue weighted by molar-refractivity contribution is 0.0966. The lowest BCUT2D eigenvalue weighted by Crippen LogP contribution is -2.34. The summed E-state index contributed by atoms with van der Waals surface area (Å²) in [6, 6.07) is 8.41. The van der Waals surface area contributed by atoms with E-state index in [0.29, 0.717) is 42.0 Å². The molecule has 0 aliphatic carbocycles. The molecule has 3 aromatic rings.